The third kappa shape index (κ3) is 6.29. The molecule has 6 heteroatoms. The number of nitrogens with zero attached hydrogens (tertiary/aromatic N) is 2. The van der Waals surface area contributed by atoms with E-state index in [9.17, 15) is 0 Å². The van der Waals surface area contributed by atoms with E-state index >= 15 is 0 Å². The third-order valence-corrected chi connectivity index (χ3v) is 13.2. The Morgan fingerprint density at radius 2 is 1.38 bits per heavy atom. The van der Waals surface area contributed by atoms with Crippen LogP contribution in [0, 0.1) is 42.9 Å². The van der Waals surface area contributed by atoms with Crippen LogP contribution in [0.1, 0.15) is 48.0 Å². The molecule has 1 unspecified atom stereocenters. The molecule has 39 heavy (non-hydrogen) atoms. The van der Waals surface area contributed by atoms with Gasteiger partial charge in [0.25, 0.3) is 0 Å². The second-order valence-electron chi connectivity index (χ2n) is 12.6. The average molecular weight is 618 g/mol. The molecule has 1 aliphatic heterocycles. The molecule has 0 radical (unpaired) electrons. The summed E-state index contributed by atoms with van der Waals surface area (Å²) >= 11 is -0.556. The molecule has 0 saturated heterocycles. The number of hydrogen-bond acceptors (Lipinski definition) is 1. The minimum atomic E-state index is -2.00. The molecular weight excluding hydrogens is 571 g/mol. The van der Waals surface area contributed by atoms with Crippen molar-refractivity contribution in [1.82, 2.24) is 0 Å². The summed E-state index contributed by atoms with van der Waals surface area (Å²) in [7, 11) is 7.78. The van der Waals surface area contributed by atoms with Gasteiger partial charge in [0, 0.05) is 11.4 Å². The van der Waals surface area contributed by atoms with Crippen LogP contribution < -0.4 is 4.57 Å². The van der Waals surface area contributed by atoms with Crippen LogP contribution in [0.5, 0.6) is 0 Å². The molecule has 212 valence electrons. The molecule has 3 aliphatic rings. The van der Waals surface area contributed by atoms with Crippen LogP contribution in [0.2, 0.25) is 18.6 Å². The summed E-state index contributed by atoms with van der Waals surface area (Å²) in [4.78, 5) is 0. The molecule has 1 fully saturated rings. The van der Waals surface area contributed by atoms with Gasteiger partial charge in [0.15, 0.2) is 8.24 Å². The molecule has 0 N–H and O–H groups in total. The van der Waals surface area contributed by atoms with E-state index in [-0.39, 0.29) is 7.43 Å². The number of benzene rings is 2. The SMILES string of the molecule is CC(C)C1=C[C@@H]2C([Si](C)(C)N3c4ccccc4[N-]c4ccccc43)C[C@H](C(C)C)[C@@H]2C(C(C)C)=C1.[CH3-].[Cl][Ti][Cl]. The van der Waals surface area contributed by atoms with Crippen molar-refractivity contribution in [2.24, 2.45) is 35.5 Å². The first kappa shape index (κ1) is 32.5. The molecule has 4 atom stereocenters. The van der Waals surface area contributed by atoms with Crippen LogP contribution >= 0.6 is 18.6 Å². The van der Waals surface area contributed by atoms with Gasteiger partial charge in [0.2, 0.25) is 0 Å². The fraction of sp³-hybridized carbons (Fsp3) is 0.485. The fourth-order valence-corrected chi connectivity index (χ4v) is 11.3. The zero-order valence-corrected chi connectivity index (χ0v) is 29.2. The second-order valence-corrected chi connectivity index (χ2v) is 19.7. The van der Waals surface area contributed by atoms with Crippen molar-refractivity contribution in [2.75, 3.05) is 4.57 Å². The molecule has 2 aromatic rings. The van der Waals surface area contributed by atoms with Gasteiger partial charge < -0.3 is 17.3 Å². The van der Waals surface area contributed by atoms with Crippen molar-refractivity contribution >= 4 is 49.6 Å². The van der Waals surface area contributed by atoms with E-state index in [0.29, 0.717) is 35.1 Å². The van der Waals surface area contributed by atoms with Crippen LogP contribution in [0.25, 0.3) is 5.32 Å². The van der Waals surface area contributed by atoms with Crippen molar-refractivity contribution in [2.45, 2.75) is 66.6 Å². The number of fused-ring (bicyclic) bond motifs is 3. The maximum absolute atomic E-state index is 5.05. The standard InChI is InChI=1S/C32H43N2Si.CH3.2ClH.Ti/c1-20(2)23-17-24(21(3)4)32-25(22(5)6)19-31(26(32)18-23)35(7,8)34-29-15-11-9-13-27(29)33-28-14-10-12-16-30(28)34;;;;/h9-18,20-22,25-26,31-32H,19H2,1-8H3;1H3;2*1H;/q2*-1;;;+2/p-2/t25-,26-,31?,32+;;;;/m1..../s1. The Bertz CT molecular complexity index is 1140. The first-order valence-corrected chi connectivity index (χ1v) is 21.4. The van der Waals surface area contributed by atoms with E-state index in [1.165, 1.54) is 17.8 Å². The Balaban J connectivity index is 0.00000101. The molecule has 5 rings (SSSR count). The first-order chi connectivity index (χ1) is 18.0. The Kier molecular flexibility index (Phi) is 11.1. The molecule has 2 aromatic carbocycles. The Morgan fingerprint density at radius 1 is 0.872 bits per heavy atom. The van der Waals surface area contributed by atoms with Crippen molar-refractivity contribution in [3.05, 3.63) is 84.6 Å². The first-order valence-electron chi connectivity index (χ1n) is 14.1. The van der Waals surface area contributed by atoms with Crippen molar-refractivity contribution < 1.29 is 17.0 Å². The summed E-state index contributed by atoms with van der Waals surface area (Å²) in [5, 5.41) is 5.05. The number of halogens is 2. The Labute approximate surface area is 256 Å². The minimum absolute atomic E-state index is 0. The van der Waals surface area contributed by atoms with Crippen LogP contribution in [0.3, 0.4) is 0 Å². The normalized spacial score (nSPS) is 23.5. The van der Waals surface area contributed by atoms with Crippen molar-refractivity contribution in [3.63, 3.8) is 0 Å². The molecule has 0 amide bonds. The zero-order chi connectivity index (χ0) is 27.8. The number of hydrogen-bond donors (Lipinski definition) is 0. The van der Waals surface area contributed by atoms with E-state index in [1.54, 1.807) is 11.1 Å². The van der Waals surface area contributed by atoms with Gasteiger partial charge in [-0.05, 0) is 65.2 Å². The third-order valence-electron chi connectivity index (χ3n) is 9.13. The van der Waals surface area contributed by atoms with Crippen molar-refractivity contribution in [1.29, 1.82) is 0 Å². The molecule has 2 aliphatic carbocycles. The van der Waals surface area contributed by atoms with Gasteiger partial charge in [-0.2, -0.15) is 0 Å². The quantitative estimate of drug-likeness (QED) is 0.241. The Hall–Kier alpha value is -0.969. The van der Waals surface area contributed by atoms with Gasteiger partial charge in [0.1, 0.15) is 0 Å². The average Bonchev–Trinajstić information content (AvgIpc) is 3.28. The number of anilines is 2. The summed E-state index contributed by atoms with van der Waals surface area (Å²) in [6, 6.07) is 17.6. The van der Waals surface area contributed by atoms with E-state index < -0.39 is 25.3 Å². The van der Waals surface area contributed by atoms with E-state index in [0.717, 1.165) is 17.3 Å². The van der Waals surface area contributed by atoms with Crippen LogP contribution in [0.4, 0.5) is 22.7 Å². The van der Waals surface area contributed by atoms with Gasteiger partial charge in [-0.3, -0.25) is 0 Å². The topological polar surface area (TPSA) is 17.3 Å². The molecule has 1 heterocycles. The summed E-state index contributed by atoms with van der Waals surface area (Å²) in [6.07, 6.45) is 6.64. The van der Waals surface area contributed by atoms with Gasteiger partial charge in [0.05, 0.1) is 0 Å². The van der Waals surface area contributed by atoms with Crippen LogP contribution in [0.15, 0.2) is 71.8 Å². The van der Waals surface area contributed by atoms with E-state index in [4.69, 9.17) is 23.9 Å². The van der Waals surface area contributed by atoms with Crippen LogP contribution in [-0.4, -0.2) is 8.24 Å². The predicted octanol–water partition coefficient (Wildman–Crippen LogP) is 12.0. The van der Waals surface area contributed by atoms with Gasteiger partial charge in [-0.15, -0.1) is 11.4 Å². The predicted molar refractivity (Wildman–Crippen MR) is 173 cm³/mol. The zero-order valence-electron chi connectivity index (χ0n) is 25.2. The summed E-state index contributed by atoms with van der Waals surface area (Å²) < 4.78 is 2.77. The number of allylic oxidation sites excluding steroid dienone is 4. The monoisotopic (exact) mass is 616 g/mol. The van der Waals surface area contributed by atoms with Gasteiger partial charge in [-0.1, -0.05) is 109 Å². The van der Waals surface area contributed by atoms with Crippen molar-refractivity contribution in [3.8, 4) is 0 Å². The van der Waals surface area contributed by atoms with E-state index in [1.807, 2.05) is 0 Å². The molecule has 0 aromatic heterocycles. The van der Waals surface area contributed by atoms with Gasteiger partial charge in [-0.25, -0.2) is 0 Å². The maximum atomic E-state index is 5.05. The second kappa shape index (κ2) is 13.3. The Morgan fingerprint density at radius 3 is 1.85 bits per heavy atom. The summed E-state index contributed by atoms with van der Waals surface area (Å²) in [5.74, 6) is 3.92. The van der Waals surface area contributed by atoms with Crippen LogP contribution in [-0.2, 0) is 17.0 Å². The fourth-order valence-electron chi connectivity index (χ4n) is 7.28. The number of para-hydroxylation sites is 4. The van der Waals surface area contributed by atoms with Gasteiger partial charge >= 0.3 is 35.6 Å². The molecule has 1 saturated carbocycles. The molecular formula is C33H46Cl2N2SiTi-2. The molecule has 2 nitrogen and oxygen atoms in total. The van der Waals surface area contributed by atoms with E-state index in [2.05, 4.69) is 120 Å². The molecule has 0 bridgehead atoms. The summed E-state index contributed by atoms with van der Waals surface area (Å²) in [6.45, 7) is 19.7. The number of rotatable bonds is 5. The summed E-state index contributed by atoms with van der Waals surface area (Å²) in [5.41, 5.74) is 8.80. The molecule has 0 spiro atoms.